The maximum absolute atomic E-state index is 12.2. The van der Waals surface area contributed by atoms with Crippen LogP contribution in [0.25, 0.3) is 0 Å². The largest absolute Gasteiger partial charge is 0.451 e. The summed E-state index contributed by atoms with van der Waals surface area (Å²) in [6, 6.07) is 14.9. The minimum Gasteiger partial charge on any atom is -0.451 e. The Morgan fingerprint density at radius 1 is 1.04 bits per heavy atom. The molecule has 0 radical (unpaired) electrons. The third-order valence-corrected chi connectivity index (χ3v) is 3.97. The number of benzene rings is 2. The van der Waals surface area contributed by atoms with Crippen molar-refractivity contribution in [3.63, 3.8) is 0 Å². The molecule has 0 bridgehead atoms. The van der Waals surface area contributed by atoms with E-state index in [0.717, 1.165) is 16.7 Å². The molecule has 0 spiro atoms. The first-order valence-corrected chi connectivity index (χ1v) is 8.73. The van der Waals surface area contributed by atoms with Crippen LogP contribution in [-0.4, -0.2) is 30.4 Å². The van der Waals surface area contributed by atoms with Crippen LogP contribution in [0.3, 0.4) is 0 Å². The molecule has 0 fully saturated rings. The van der Waals surface area contributed by atoms with Crippen molar-refractivity contribution in [1.82, 2.24) is 5.32 Å². The zero-order valence-electron chi connectivity index (χ0n) is 15.7. The second-order valence-electron chi connectivity index (χ2n) is 6.38. The number of hydrogen-bond donors (Lipinski definition) is 2. The fourth-order valence-electron chi connectivity index (χ4n) is 2.41. The van der Waals surface area contributed by atoms with Gasteiger partial charge in [-0.05, 0) is 43.5 Å². The molecule has 0 aliphatic rings. The number of carbonyl (C=O) groups excluding carboxylic acids is 3. The predicted octanol–water partition coefficient (Wildman–Crippen LogP) is 2.53. The van der Waals surface area contributed by atoms with Crippen molar-refractivity contribution in [2.45, 2.75) is 33.3 Å². The Balaban J connectivity index is 1.78. The van der Waals surface area contributed by atoms with Gasteiger partial charge < -0.3 is 15.4 Å². The molecule has 0 heterocycles. The van der Waals surface area contributed by atoms with E-state index < -0.39 is 18.0 Å². The Kier molecular flexibility index (Phi) is 7.11. The molecule has 0 aliphatic carbocycles. The average molecular weight is 368 g/mol. The Morgan fingerprint density at radius 3 is 2.44 bits per heavy atom. The second kappa shape index (κ2) is 9.52. The van der Waals surface area contributed by atoms with E-state index in [9.17, 15) is 14.4 Å². The van der Waals surface area contributed by atoms with Gasteiger partial charge in [0, 0.05) is 5.69 Å². The number of nitrogens with one attached hydrogen (secondary N) is 2. The fourth-order valence-corrected chi connectivity index (χ4v) is 2.41. The molecular weight excluding hydrogens is 344 g/mol. The van der Waals surface area contributed by atoms with Crippen LogP contribution in [0.2, 0.25) is 0 Å². The maximum Gasteiger partial charge on any atom is 0.326 e. The number of ether oxygens (including phenoxy) is 1. The Labute approximate surface area is 158 Å². The number of anilines is 1. The quantitative estimate of drug-likeness (QED) is 0.736. The van der Waals surface area contributed by atoms with Crippen molar-refractivity contribution in [1.29, 1.82) is 0 Å². The molecule has 6 heteroatoms. The molecule has 1 atom stereocenters. The summed E-state index contributed by atoms with van der Waals surface area (Å²) in [5.41, 5.74) is 3.46. The van der Waals surface area contributed by atoms with Gasteiger partial charge in [0.05, 0.1) is 6.42 Å². The lowest BCUT2D eigenvalue weighted by atomic mass is 10.1. The summed E-state index contributed by atoms with van der Waals surface area (Å²) >= 11 is 0. The molecule has 2 aromatic rings. The number of carbonyl (C=O) groups is 3. The maximum atomic E-state index is 12.2. The van der Waals surface area contributed by atoms with E-state index >= 15 is 0 Å². The zero-order chi connectivity index (χ0) is 19.8. The molecule has 0 aromatic heterocycles. The van der Waals surface area contributed by atoms with Crippen molar-refractivity contribution in [3.05, 3.63) is 65.2 Å². The highest BCUT2D eigenvalue weighted by Crippen LogP contribution is 2.16. The second-order valence-corrected chi connectivity index (χ2v) is 6.38. The highest BCUT2D eigenvalue weighted by atomic mass is 16.5. The van der Waals surface area contributed by atoms with E-state index in [-0.39, 0.29) is 18.9 Å². The molecule has 2 amide bonds. The molecule has 0 saturated heterocycles. The standard InChI is InChI=1S/C21H24N2O4/c1-14-9-10-15(2)18(11-14)23-21(26)16(3)27-20(25)13-22-19(24)12-17-7-5-4-6-8-17/h4-11,16H,12-13H2,1-3H3,(H,22,24)(H,23,26)/t16-/m0/s1. The van der Waals surface area contributed by atoms with Crippen molar-refractivity contribution in [2.24, 2.45) is 0 Å². The number of hydrogen-bond acceptors (Lipinski definition) is 4. The molecule has 27 heavy (non-hydrogen) atoms. The van der Waals surface area contributed by atoms with E-state index in [0.29, 0.717) is 5.69 Å². The van der Waals surface area contributed by atoms with E-state index in [2.05, 4.69) is 10.6 Å². The normalized spacial score (nSPS) is 11.4. The topological polar surface area (TPSA) is 84.5 Å². The highest BCUT2D eigenvalue weighted by Gasteiger charge is 2.19. The fraction of sp³-hybridized carbons (Fsp3) is 0.286. The first-order valence-electron chi connectivity index (χ1n) is 8.73. The van der Waals surface area contributed by atoms with Crippen LogP contribution < -0.4 is 10.6 Å². The summed E-state index contributed by atoms with van der Waals surface area (Å²) in [4.78, 5) is 35.9. The molecule has 2 N–H and O–H groups in total. The van der Waals surface area contributed by atoms with Gasteiger partial charge in [-0.1, -0.05) is 42.5 Å². The van der Waals surface area contributed by atoms with Crippen LogP contribution in [0.5, 0.6) is 0 Å². The van der Waals surface area contributed by atoms with Crippen molar-refractivity contribution in [3.8, 4) is 0 Å². The number of esters is 1. The summed E-state index contributed by atoms with van der Waals surface area (Å²) < 4.78 is 5.09. The molecule has 2 aromatic carbocycles. The van der Waals surface area contributed by atoms with Gasteiger partial charge in [-0.25, -0.2) is 0 Å². The first-order chi connectivity index (χ1) is 12.8. The average Bonchev–Trinajstić information content (AvgIpc) is 2.64. The summed E-state index contributed by atoms with van der Waals surface area (Å²) in [5.74, 6) is -1.38. The predicted molar refractivity (Wildman–Crippen MR) is 103 cm³/mol. The zero-order valence-corrected chi connectivity index (χ0v) is 15.7. The molecular formula is C21H24N2O4. The van der Waals surface area contributed by atoms with Gasteiger partial charge >= 0.3 is 5.97 Å². The lowest BCUT2D eigenvalue weighted by molar-refractivity contribution is -0.152. The van der Waals surface area contributed by atoms with Gasteiger partial charge in [-0.3, -0.25) is 14.4 Å². The Morgan fingerprint density at radius 2 is 1.74 bits per heavy atom. The summed E-state index contributed by atoms with van der Waals surface area (Å²) in [5, 5.41) is 5.25. The summed E-state index contributed by atoms with van der Waals surface area (Å²) in [6.07, 6.45) is -0.792. The SMILES string of the molecule is Cc1ccc(C)c(NC(=O)[C@H](C)OC(=O)CNC(=O)Cc2ccccc2)c1. The summed E-state index contributed by atoms with van der Waals surface area (Å²) in [7, 11) is 0. The Hall–Kier alpha value is -3.15. The first kappa shape index (κ1) is 20.2. The van der Waals surface area contributed by atoms with Crippen LogP contribution in [0.1, 0.15) is 23.6 Å². The minimum atomic E-state index is -0.969. The molecule has 0 unspecified atom stereocenters. The molecule has 0 saturated carbocycles. The third-order valence-electron chi connectivity index (χ3n) is 3.97. The highest BCUT2D eigenvalue weighted by molar-refractivity contribution is 5.96. The van der Waals surface area contributed by atoms with E-state index in [1.807, 2.05) is 62.4 Å². The van der Waals surface area contributed by atoms with Gasteiger partial charge in [0.25, 0.3) is 5.91 Å². The summed E-state index contributed by atoms with van der Waals surface area (Å²) in [6.45, 7) is 5.02. The monoisotopic (exact) mass is 368 g/mol. The van der Waals surface area contributed by atoms with Gasteiger partial charge in [0.1, 0.15) is 6.54 Å². The van der Waals surface area contributed by atoms with Crippen LogP contribution in [-0.2, 0) is 25.5 Å². The lowest BCUT2D eigenvalue weighted by Crippen LogP contribution is -2.36. The number of rotatable bonds is 7. The van der Waals surface area contributed by atoms with Crippen LogP contribution in [0.15, 0.2) is 48.5 Å². The molecule has 2 rings (SSSR count). The smallest absolute Gasteiger partial charge is 0.326 e. The molecule has 0 aliphatic heterocycles. The van der Waals surface area contributed by atoms with E-state index in [1.165, 1.54) is 6.92 Å². The van der Waals surface area contributed by atoms with Crippen LogP contribution in [0, 0.1) is 13.8 Å². The van der Waals surface area contributed by atoms with Gasteiger partial charge in [-0.15, -0.1) is 0 Å². The van der Waals surface area contributed by atoms with Crippen LogP contribution >= 0.6 is 0 Å². The number of amides is 2. The van der Waals surface area contributed by atoms with Crippen LogP contribution in [0.4, 0.5) is 5.69 Å². The van der Waals surface area contributed by atoms with E-state index in [4.69, 9.17) is 4.74 Å². The third kappa shape index (κ3) is 6.58. The minimum absolute atomic E-state index is 0.177. The van der Waals surface area contributed by atoms with Gasteiger partial charge in [-0.2, -0.15) is 0 Å². The van der Waals surface area contributed by atoms with Crippen molar-refractivity contribution >= 4 is 23.5 Å². The van der Waals surface area contributed by atoms with Gasteiger partial charge in [0.2, 0.25) is 5.91 Å². The number of aryl methyl sites for hydroxylation is 2. The lowest BCUT2D eigenvalue weighted by Gasteiger charge is -2.15. The molecule has 6 nitrogen and oxygen atoms in total. The van der Waals surface area contributed by atoms with Crippen molar-refractivity contribution < 1.29 is 19.1 Å². The van der Waals surface area contributed by atoms with Crippen molar-refractivity contribution in [2.75, 3.05) is 11.9 Å². The Bertz CT molecular complexity index is 818. The van der Waals surface area contributed by atoms with Gasteiger partial charge in [0.15, 0.2) is 6.10 Å². The molecule has 142 valence electrons. The van der Waals surface area contributed by atoms with E-state index in [1.54, 1.807) is 0 Å².